The number of rotatable bonds is 6. The lowest BCUT2D eigenvalue weighted by molar-refractivity contribution is -0.139. The number of sulfone groups is 1. The number of amides is 2. The van der Waals surface area contributed by atoms with Crippen LogP contribution in [0.5, 0.6) is 11.5 Å². The molecule has 2 rings (SSSR count). The predicted molar refractivity (Wildman–Crippen MR) is 91.5 cm³/mol. The van der Waals surface area contributed by atoms with Gasteiger partial charge in [-0.1, -0.05) is 6.07 Å². The summed E-state index contributed by atoms with van der Waals surface area (Å²) in [4.78, 5) is 23.6. The summed E-state index contributed by atoms with van der Waals surface area (Å²) in [6.07, 6.45) is 0.851. The van der Waals surface area contributed by atoms with Crippen molar-refractivity contribution in [2.24, 2.45) is 0 Å². The van der Waals surface area contributed by atoms with Crippen molar-refractivity contribution in [3.8, 4) is 11.5 Å². The Bertz CT molecular complexity index is 747. The lowest BCUT2D eigenvalue weighted by Gasteiger charge is -2.11. The molecule has 1 aromatic carbocycles. The highest BCUT2D eigenvalue weighted by atomic mass is 32.2. The fourth-order valence-electron chi connectivity index (χ4n) is 2.60. The highest BCUT2D eigenvalue weighted by Crippen LogP contribution is 2.27. The summed E-state index contributed by atoms with van der Waals surface area (Å²) in [6, 6.07) is 4.92. The maximum absolute atomic E-state index is 11.8. The number of ether oxygens (including phenoxy) is 2. The van der Waals surface area contributed by atoms with Crippen LogP contribution in [0.15, 0.2) is 18.2 Å². The van der Waals surface area contributed by atoms with Crippen LogP contribution in [-0.2, 0) is 25.8 Å². The molecule has 1 heterocycles. The molecule has 1 atom stereocenters. The van der Waals surface area contributed by atoms with Crippen LogP contribution in [0.4, 0.5) is 0 Å². The molecule has 0 saturated carbocycles. The molecule has 2 N–H and O–H groups in total. The van der Waals surface area contributed by atoms with Gasteiger partial charge in [-0.05, 0) is 30.5 Å². The van der Waals surface area contributed by atoms with E-state index in [9.17, 15) is 18.0 Å². The summed E-state index contributed by atoms with van der Waals surface area (Å²) in [5.74, 6) is -0.455. The van der Waals surface area contributed by atoms with Crippen LogP contribution in [0.1, 0.15) is 12.0 Å². The minimum atomic E-state index is -3.10. The van der Waals surface area contributed by atoms with E-state index in [1.807, 2.05) is 6.07 Å². The van der Waals surface area contributed by atoms with Crippen LogP contribution in [0, 0.1) is 0 Å². The van der Waals surface area contributed by atoms with Crippen molar-refractivity contribution in [1.82, 2.24) is 10.6 Å². The van der Waals surface area contributed by atoms with Crippen molar-refractivity contribution in [2.75, 3.05) is 32.3 Å². The Balaban J connectivity index is 1.79. The topological polar surface area (TPSA) is 111 Å². The van der Waals surface area contributed by atoms with Gasteiger partial charge in [0.15, 0.2) is 21.3 Å². The zero-order valence-electron chi connectivity index (χ0n) is 14.2. The molecule has 2 amide bonds. The van der Waals surface area contributed by atoms with Crippen molar-refractivity contribution in [3.63, 3.8) is 0 Å². The first kappa shape index (κ1) is 19.0. The minimum Gasteiger partial charge on any atom is -0.493 e. The Morgan fingerprint density at radius 3 is 2.48 bits per heavy atom. The van der Waals surface area contributed by atoms with Crippen molar-refractivity contribution in [3.05, 3.63) is 23.8 Å². The van der Waals surface area contributed by atoms with Crippen LogP contribution in [0.3, 0.4) is 0 Å². The van der Waals surface area contributed by atoms with E-state index in [-0.39, 0.29) is 18.1 Å². The number of carbonyl (C=O) groups is 2. The smallest absolute Gasteiger partial charge is 0.309 e. The molecule has 1 saturated heterocycles. The van der Waals surface area contributed by atoms with Crippen LogP contribution >= 0.6 is 0 Å². The van der Waals surface area contributed by atoms with Gasteiger partial charge in [-0.15, -0.1) is 0 Å². The van der Waals surface area contributed by atoms with Gasteiger partial charge in [-0.2, -0.15) is 0 Å². The third-order valence-corrected chi connectivity index (χ3v) is 5.69. The Labute approximate surface area is 146 Å². The standard InChI is InChI=1S/C16H22N2O6S/c1-23-13-4-3-11(9-14(13)24-2)5-7-17-15(19)16(20)18-12-6-8-25(21,22)10-12/h3-4,9,12H,5-8,10H2,1-2H3,(H,17,19)(H,18,20). The summed E-state index contributed by atoms with van der Waals surface area (Å²) < 4.78 is 33.1. The third kappa shape index (κ3) is 5.35. The number of benzene rings is 1. The Hall–Kier alpha value is -2.29. The molecule has 138 valence electrons. The molecule has 0 radical (unpaired) electrons. The van der Waals surface area contributed by atoms with Gasteiger partial charge in [0.05, 0.1) is 25.7 Å². The van der Waals surface area contributed by atoms with Crippen molar-refractivity contribution < 1.29 is 27.5 Å². The van der Waals surface area contributed by atoms with E-state index >= 15 is 0 Å². The molecule has 0 aliphatic carbocycles. The SMILES string of the molecule is COc1ccc(CCNC(=O)C(=O)NC2CCS(=O)(=O)C2)cc1OC. The highest BCUT2D eigenvalue weighted by Gasteiger charge is 2.30. The zero-order chi connectivity index (χ0) is 18.4. The molecule has 1 unspecified atom stereocenters. The van der Waals surface area contributed by atoms with Crippen LogP contribution in [-0.4, -0.2) is 58.5 Å². The molecule has 9 heteroatoms. The maximum Gasteiger partial charge on any atom is 0.309 e. The molecule has 25 heavy (non-hydrogen) atoms. The molecular formula is C16H22N2O6S. The number of methoxy groups -OCH3 is 2. The summed E-state index contributed by atoms with van der Waals surface area (Å²) in [5.41, 5.74) is 0.917. The monoisotopic (exact) mass is 370 g/mol. The van der Waals surface area contributed by atoms with E-state index < -0.39 is 27.7 Å². The Kier molecular flexibility index (Phi) is 6.24. The van der Waals surface area contributed by atoms with E-state index in [0.717, 1.165) is 5.56 Å². The van der Waals surface area contributed by atoms with Gasteiger partial charge in [-0.3, -0.25) is 9.59 Å². The maximum atomic E-state index is 11.8. The second kappa shape index (κ2) is 8.19. The van der Waals surface area contributed by atoms with Crippen molar-refractivity contribution >= 4 is 21.7 Å². The highest BCUT2D eigenvalue weighted by molar-refractivity contribution is 7.91. The van der Waals surface area contributed by atoms with E-state index in [0.29, 0.717) is 24.3 Å². The number of nitrogens with one attached hydrogen (secondary N) is 2. The summed E-state index contributed by atoms with van der Waals surface area (Å²) >= 11 is 0. The Morgan fingerprint density at radius 2 is 1.88 bits per heavy atom. The minimum absolute atomic E-state index is 0.0405. The second-order valence-corrected chi connectivity index (χ2v) is 8.00. The summed E-state index contributed by atoms with van der Waals surface area (Å²) in [5, 5.41) is 4.97. The predicted octanol–water partition coefficient (Wildman–Crippen LogP) is -0.334. The molecule has 0 aromatic heterocycles. The molecule has 1 aromatic rings. The van der Waals surface area contributed by atoms with Gasteiger partial charge in [0, 0.05) is 12.6 Å². The average molecular weight is 370 g/mol. The van der Waals surface area contributed by atoms with E-state index in [1.165, 1.54) is 7.11 Å². The fraction of sp³-hybridized carbons (Fsp3) is 0.500. The first-order valence-electron chi connectivity index (χ1n) is 7.84. The number of carbonyl (C=O) groups excluding carboxylic acids is 2. The fourth-order valence-corrected chi connectivity index (χ4v) is 4.27. The van der Waals surface area contributed by atoms with Crippen LogP contribution in [0.2, 0.25) is 0 Å². The third-order valence-electron chi connectivity index (χ3n) is 3.92. The first-order valence-corrected chi connectivity index (χ1v) is 9.67. The van der Waals surface area contributed by atoms with Crippen molar-refractivity contribution in [1.29, 1.82) is 0 Å². The molecular weight excluding hydrogens is 348 g/mol. The van der Waals surface area contributed by atoms with Gasteiger partial charge < -0.3 is 20.1 Å². The summed E-state index contributed by atoms with van der Waals surface area (Å²) in [6.45, 7) is 0.269. The first-order chi connectivity index (χ1) is 11.8. The van der Waals surface area contributed by atoms with Crippen LogP contribution in [0.25, 0.3) is 0 Å². The van der Waals surface area contributed by atoms with Gasteiger partial charge in [-0.25, -0.2) is 8.42 Å². The Morgan fingerprint density at radius 1 is 1.16 bits per heavy atom. The summed E-state index contributed by atoms with van der Waals surface area (Å²) in [7, 11) is -0.0145. The average Bonchev–Trinajstić information content (AvgIpc) is 2.92. The van der Waals surface area contributed by atoms with Gasteiger partial charge in [0.1, 0.15) is 0 Å². The largest absolute Gasteiger partial charge is 0.493 e. The molecule has 1 aliphatic heterocycles. The molecule has 0 spiro atoms. The quantitative estimate of drug-likeness (QED) is 0.663. The zero-order valence-corrected chi connectivity index (χ0v) is 15.0. The van der Waals surface area contributed by atoms with Crippen molar-refractivity contribution in [2.45, 2.75) is 18.9 Å². The van der Waals surface area contributed by atoms with E-state index in [4.69, 9.17) is 9.47 Å². The van der Waals surface area contributed by atoms with E-state index in [2.05, 4.69) is 10.6 Å². The lowest BCUT2D eigenvalue weighted by Crippen LogP contribution is -2.45. The molecule has 1 aliphatic rings. The van der Waals surface area contributed by atoms with Gasteiger partial charge in [0.2, 0.25) is 0 Å². The number of hydrogen-bond donors (Lipinski definition) is 2. The van der Waals surface area contributed by atoms with Gasteiger partial charge >= 0.3 is 11.8 Å². The number of hydrogen-bond acceptors (Lipinski definition) is 6. The van der Waals surface area contributed by atoms with Gasteiger partial charge in [0.25, 0.3) is 0 Å². The lowest BCUT2D eigenvalue weighted by atomic mass is 10.1. The van der Waals surface area contributed by atoms with E-state index in [1.54, 1.807) is 19.2 Å². The second-order valence-electron chi connectivity index (χ2n) is 5.77. The normalized spacial score (nSPS) is 18.4. The molecule has 0 bridgehead atoms. The molecule has 8 nitrogen and oxygen atoms in total. The van der Waals surface area contributed by atoms with Crippen LogP contribution < -0.4 is 20.1 Å². The molecule has 1 fully saturated rings.